The van der Waals surface area contributed by atoms with Crippen LogP contribution in [0.3, 0.4) is 0 Å². The molecule has 0 aromatic heterocycles. The zero-order valence-electron chi connectivity index (χ0n) is 15.4. The first kappa shape index (κ1) is 18.8. The van der Waals surface area contributed by atoms with Crippen LogP contribution in [0.5, 0.6) is 0 Å². The smallest absolute Gasteiger partial charge is 0.241 e. The van der Waals surface area contributed by atoms with Gasteiger partial charge in [-0.25, -0.2) is 0 Å². The highest BCUT2D eigenvalue weighted by atomic mass is 16.2. The molecule has 5 heteroatoms. The van der Waals surface area contributed by atoms with Crippen LogP contribution in [0.15, 0.2) is 54.6 Å². The largest absolute Gasteiger partial charge is 0.325 e. The van der Waals surface area contributed by atoms with Gasteiger partial charge in [0.25, 0.3) is 0 Å². The number of nitrogens with zero attached hydrogens (tertiary/aromatic N) is 2. The van der Waals surface area contributed by atoms with E-state index in [9.17, 15) is 9.59 Å². The lowest BCUT2D eigenvalue weighted by Gasteiger charge is -2.34. The molecule has 1 saturated heterocycles. The zero-order valence-corrected chi connectivity index (χ0v) is 15.4. The van der Waals surface area contributed by atoms with Gasteiger partial charge in [0, 0.05) is 17.2 Å². The first-order chi connectivity index (χ1) is 13.1. The van der Waals surface area contributed by atoms with Gasteiger partial charge in [-0.15, -0.1) is 0 Å². The van der Waals surface area contributed by atoms with E-state index in [0.717, 1.165) is 31.5 Å². The third-order valence-corrected chi connectivity index (χ3v) is 5.17. The van der Waals surface area contributed by atoms with Gasteiger partial charge >= 0.3 is 0 Å². The third-order valence-electron chi connectivity index (χ3n) is 5.17. The molecule has 0 spiro atoms. The third kappa shape index (κ3) is 4.60. The van der Waals surface area contributed by atoms with Crippen LogP contribution in [-0.4, -0.2) is 35.7 Å². The van der Waals surface area contributed by atoms with Gasteiger partial charge in [-0.05, 0) is 57.1 Å². The average molecular weight is 361 g/mol. The second-order valence-electron chi connectivity index (χ2n) is 6.89. The standard InChI is InChI=1S/C22H23N3O2/c1-16(22(27)24-20-9-7-17(15-23)8-10-20)25-13-11-19(12-14-25)21(26)18-5-3-2-4-6-18/h2-10,16,19H,11-14H2,1H3,(H,24,27)/t16-/m0/s1. The van der Waals surface area contributed by atoms with Crippen molar-refractivity contribution in [2.75, 3.05) is 18.4 Å². The van der Waals surface area contributed by atoms with Gasteiger partial charge in [-0.2, -0.15) is 5.26 Å². The molecule has 0 radical (unpaired) electrons. The Morgan fingerprint density at radius 1 is 1.07 bits per heavy atom. The minimum Gasteiger partial charge on any atom is -0.325 e. The summed E-state index contributed by atoms with van der Waals surface area (Å²) in [5.74, 6) is 0.148. The van der Waals surface area contributed by atoms with Crippen molar-refractivity contribution in [1.29, 1.82) is 5.26 Å². The minimum absolute atomic E-state index is 0.0254. The number of piperidine rings is 1. The van der Waals surface area contributed by atoms with Crippen LogP contribution in [0.2, 0.25) is 0 Å². The number of Topliss-reactive ketones (excluding diaryl/α,β-unsaturated/α-hetero) is 1. The fourth-order valence-electron chi connectivity index (χ4n) is 3.43. The molecule has 1 fully saturated rings. The molecular weight excluding hydrogens is 338 g/mol. The summed E-state index contributed by atoms with van der Waals surface area (Å²) in [4.78, 5) is 27.2. The number of amides is 1. The number of rotatable bonds is 5. The predicted octanol–water partition coefficient (Wildman–Crippen LogP) is 3.48. The molecule has 2 aromatic carbocycles. The molecule has 0 unspecified atom stereocenters. The van der Waals surface area contributed by atoms with Gasteiger partial charge in [0.15, 0.2) is 5.78 Å². The number of likely N-dealkylation sites (tertiary alicyclic amines) is 1. The van der Waals surface area contributed by atoms with E-state index in [2.05, 4.69) is 16.3 Å². The maximum Gasteiger partial charge on any atom is 0.241 e. The lowest BCUT2D eigenvalue weighted by atomic mass is 9.88. The molecule has 1 N–H and O–H groups in total. The summed E-state index contributed by atoms with van der Waals surface area (Å²) in [6.07, 6.45) is 1.53. The van der Waals surface area contributed by atoms with Crippen molar-refractivity contribution in [3.8, 4) is 6.07 Å². The molecule has 2 aromatic rings. The molecule has 1 heterocycles. The molecule has 0 aliphatic carbocycles. The highest BCUT2D eigenvalue weighted by Crippen LogP contribution is 2.23. The van der Waals surface area contributed by atoms with E-state index in [0.29, 0.717) is 11.3 Å². The van der Waals surface area contributed by atoms with Crippen LogP contribution in [-0.2, 0) is 4.79 Å². The first-order valence-corrected chi connectivity index (χ1v) is 9.23. The maximum absolute atomic E-state index is 12.6. The van der Waals surface area contributed by atoms with Crippen LogP contribution < -0.4 is 5.32 Å². The lowest BCUT2D eigenvalue weighted by molar-refractivity contribution is -0.121. The normalized spacial score (nSPS) is 16.3. The Hall–Kier alpha value is -2.97. The van der Waals surface area contributed by atoms with Gasteiger partial charge in [-0.1, -0.05) is 30.3 Å². The molecule has 1 aliphatic heterocycles. The topological polar surface area (TPSA) is 73.2 Å². The summed E-state index contributed by atoms with van der Waals surface area (Å²) in [6, 6.07) is 18.0. The molecule has 1 amide bonds. The summed E-state index contributed by atoms with van der Waals surface area (Å²) >= 11 is 0. The Kier molecular flexibility index (Phi) is 6.00. The zero-order chi connectivity index (χ0) is 19.2. The number of benzene rings is 2. The SMILES string of the molecule is C[C@@H](C(=O)Nc1ccc(C#N)cc1)N1CCC(C(=O)c2ccccc2)CC1. The van der Waals surface area contributed by atoms with E-state index in [1.807, 2.05) is 37.3 Å². The van der Waals surface area contributed by atoms with Crippen LogP contribution in [0.25, 0.3) is 0 Å². The molecule has 1 aliphatic rings. The van der Waals surface area contributed by atoms with Crippen LogP contribution >= 0.6 is 0 Å². The second-order valence-corrected chi connectivity index (χ2v) is 6.89. The van der Waals surface area contributed by atoms with Gasteiger partial charge in [0.05, 0.1) is 17.7 Å². The van der Waals surface area contributed by atoms with Gasteiger partial charge in [0.1, 0.15) is 0 Å². The summed E-state index contributed by atoms with van der Waals surface area (Å²) in [6.45, 7) is 3.34. The molecule has 3 rings (SSSR count). The van der Waals surface area contributed by atoms with Gasteiger partial charge in [-0.3, -0.25) is 14.5 Å². The summed E-state index contributed by atoms with van der Waals surface area (Å²) in [5.41, 5.74) is 2.01. The monoisotopic (exact) mass is 361 g/mol. The van der Waals surface area contributed by atoms with Gasteiger partial charge in [0.2, 0.25) is 5.91 Å². The van der Waals surface area contributed by atoms with Crippen molar-refractivity contribution in [2.45, 2.75) is 25.8 Å². The Morgan fingerprint density at radius 2 is 1.70 bits per heavy atom. The number of hydrogen-bond acceptors (Lipinski definition) is 4. The van der Waals surface area contributed by atoms with Gasteiger partial charge < -0.3 is 5.32 Å². The highest BCUT2D eigenvalue weighted by molar-refractivity contribution is 5.98. The lowest BCUT2D eigenvalue weighted by Crippen LogP contribution is -2.47. The van der Waals surface area contributed by atoms with Crippen molar-refractivity contribution in [1.82, 2.24) is 4.90 Å². The second kappa shape index (κ2) is 8.61. The van der Waals surface area contributed by atoms with Crippen molar-refractivity contribution < 1.29 is 9.59 Å². The number of nitriles is 1. The van der Waals surface area contributed by atoms with E-state index >= 15 is 0 Å². The summed E-state index contributed by atoms with van der Waals surface area (Å²) in [5, 5.41) is 11.7. The number of anilines is 1. The number of carbonyl (C=O) groups is 2. The number of carbonyl (C=O) groups excluding carboxylic acids is 2. The maximum atomic E-state index is 12.6. The van der Waals surface area contributed by atoms with Crippen molar-refractivity contribution in [2.24, 2.45) is 5.92 Å². The quantitative estimate of drug-likeness (QED) is 0.828. The van der Waals surface area contributed by atoms with Crippen molar-refractivity contribution in [3.05, 3.63) is 65.7 Å². The van der Waals surface area contributed by atoms with Crippen molar-refractivity contribution in [3.63, 3.8) is 0 Å². The number of nitrogens with one attached hydrogen (secondary N) is 1. The fourth-order valence-corrected chi connectivity index (χ4v) is 3.43. The molecule has 138 valence electrons. The summed E-state index contributed by atoms with van der Waals surface area (Å²) < 4.78 is 0. The molecule has 27 heavy (non-hydrogen) atoms. The average Bonchev–Trinajstić information content (AvgIpc) is 2.74. The number of hydrogen-bond donors (Lipinski definition) is 1. The Labute approximate surface area is 159 Å². The number of ketones is 1. The Balaban J connectivity index is 1.53. The molecule has 0 bridgehead atoms. The van der Waals surface area contributed by atoms with E-state index < -0.39 is 0 Å². The van der Waals surface area contributed by atoms with Crippen LogP contribution in [0.1, 0.15) is 35.7 Å². The Bertz CT molecular complexity index is 832. The predicted molar refractivity (Wildman–Crippen MR) is 104 cm³/mol. The molecule has 1 atom stereocenters. The van der Waals surface area contributed by atoms with Crippen LogP contribution in [0.4, 0.5) is 5.69 Å². The first-order valence-electron chi connectivity index (χ1n) is 9.23. The van der Waals surface area contributed by atoms with Crippen molar-refractivity contribution >= 4 is 17.4 Å². The van der Waals surface area contributed by atoms with E-state index in [-0.39, 0.29) is 23.7 Å². The molecule has 0 saturated carbocycles. The van der Waals surface area contributed by atoms with Crippen LogP contribution in [0, 0.1) is 17.2 Å². The highest BCUT2D eigenvalue weighted by Gasteiger charge is 2.30. The molecular formula is C22H23N3O2. The Morgan fingerprint density at radius 3 is 2.30 bits per heavy atom. The van der Waals surface area contributed by atoms with E-state index in [1.54, 1.807) is 24.3 Å². The summed E-state index contributed by atoms with van der Waals surface area (Å²) in [7, 11) is 0. The van der Waals surface area contributed by atoms with E-state index in [4.69, 9.17) is 5.26 Å². The minimum atomic E-state index is -0.270. The fraction of sp³-hybridized carbons (Fsp3) is 0.318. The molecule has 5 nitrogen and oxygen atoms in total. The van der Waals surface area contributed by atoms with E-state index in [1.165, 1.54) is 0 Å².